The summed E-state index contributed by atoms with van der Waals surface area (Å²) in [5.74, 6) is 0.0646. The molecule has 0 unspecified atom stereocenters. The van der Waals surface area contributed by atoms with Crippen LogP contribution in [0.4, 0.5) is 11.5 Å². The van der Waals surface area contributed by atoms with Crippen molar-refractivity contribution in [2.24, 2.45) is 4.99 Å². The van der Waals surface area contributed by atoms with Gasteiger partial charge in [-0.1, -0.05) is 27.7 Å². The lowest BCUT2D eigenvalue weighted by molar-refractivity contribution is -0.385. The van der Waals surface area contributed by atoms with Crippen LogP contribution in [-0.4, -0.2) is 16.1 Å². The Balaban J connectivity index is 2.39. The summed E-state index contributed by atoms with van der Waals surface area (Å²) >= 11 is 3.00. The highest BCUT2D eigenvalue weighted by Crippen LogP contribution is 2.29. The molecular weight excluding hydrogens is 314 g/mol. The number of non-ortho nitro benzene ring substituents is 1. The summed E-state index contributed by atoms with van der Waals surface area (Å²) in [6.07, 6.45) is 2.83. The van der Waals surface area contributed by atoms with E-state index in [-0.39, 0.29) is 21.5 Å². The Bertz CT molecular complexity index is 644. The van der Waals surface area contributed by atoms with Gasteiger partial charge in [-0.2, -0.15) is 0 Å². The average molecular weight is 321 g/mol. The number of aliphatic imine (C=N–C) groups is 1. The van der Waals surface area contributed by atoms with E-state index in [0.717, 1.165) is 0 Å². The van der Waals surface area contributed by atoms with Crippen molar-refractivity contribution in [2.75, 3.05) is 0 Å². The van der Waals surface area contributed by atoms with Crippen LogP contribution in [0.5, 0.6) is 5.75 Å². The predicted octanol–water partition coefficient (Wildman–Crippen LogP) is 2.58. The molecule has 96 valence electrons. The molecule has 0 amide bonds. The van der Waals surface area contributed by atoms with Gasteiger partial charge in [-0.3, -0.25) is 10.1 Å². The molecule has 2 aromatic rings. The largest absolute Gasteiger partial charge is 0.871 e. The Morgan fingerprint density at radius 1 is 1.37 bits per heavy atom. The lowest BCUT2D eigenvalue weighted by Gasteiger charge is -2.11. The second-order valence-corrected chi connectivity index (χ2v) is 4.40. The van der Waals surface area contributed by atoms with Gasteiger partial charge in [0.25, 0.3) is 5.69 Å². The number of nitro benzene ring substituents is 1. The van der Waals surface area contributed by atoms with Gasteiger partial charge < -0.3 is 5.11 Å². The van der Waals surface area contributed by atoms with Crippen LogP contribution in [0.15, 0.2) is 46.0 Å². The summed E-state index contributed by atoms with van der Waals surface area (Å²) in [5.41, 5.74) is -0.0410. The fourth-order valence-corrected chi connectivity index (χ4v) is 1.83. The van der Waals surface area contributed by atoms with Crippen molar-refractivity contribution in [2.45, 2.75) is 0 Å². The van der Waals surface area contributed by atoms with Crippen LogP contribution in [0.2, 0.25) is 0 Å². The second-order valence-electron chi connectivity index (χ2n) is 3.55. The molecule has 7 heteroatoms. The molecule has 19 heavy (non-hydrogen) atoms. The van der Waals surface area contributed by atoms with Crippen LogP contribution < -0.4 is 5.11 Å². The van der Waals surface area contributed by atoms with Gasteiger partial charge in [-0.05, 0) is 17.7 Å². The molecule has 0 saturated heterocycles. The monoisotopic (exact) mass is 320 g/mol. The van der Waals surface area contributed by atoms with Gasteiger partial charge in [-0.25, -0.2) is 9.98 Å². The minimum absolute atomic E-state index is 0.129. The molecule has 2 rings (SSSR count). The van der Waals surface area contributed by atoms with Gasteiger partial charge in [-0.15, -0.1) is 0 Å². The molecule has 1 aromatic carbocycles. The molecular formula is C12H7BrN3O3-. The van der Waals surface area contributed by atoms with Crippen LogP contribution >= 0.6 is 15.9 Å². The van der Waals surface area contributed by atoms with Gasteiger partial charge in [0.2, 0.25) is 0 Å². The highest BCUT2D eigenvalue weighted by atomic mass is 79.9. The minimum atomic E-state index is -0.567. The molecule has 0 aliphatic rings. The van der Waals surface area contributed by atoms with E-state index in [0.29, 0.717) is 5.82 Å². The third kappa shape index (κ3) is 3.14. The number of nitrogens with zero attached hydrogens (tertiary/aromatic N) is 3. The van der Waals surface area contributed by atoms with E-state index >= 15 is 0 Å². The van der Waals surface area contributed by atoms with E-state index < -0.39 is 4.92 Å². The number of halogens is 1. The summed E-state index contributed by atoms with van der Waals surface area (Å²) in [5, 5.41) is 22.5. The first kappa shape index (κ1) is 13.2. The van der Waals surface area contributed by atoms with Crippen LogP contribution in [0, 0.1) is 10.1 Å². The molecule has 0 saturated carbocycles. The number of pyridine rings is 1. The number of hydrogen-bond acceptors (Lipinski definition) is 5. The van der Waals surface area contributed by atoms with E-state index in [1.165, 1.54) is 18.3 Å². The number of hydrogen-bond donors (Lipinski definition) is 0. The maximum absolute atomic E-state index is 11.8. The van der Waals surface area contributed by atoms with Crippen molar-refractivity contribution in [3.8, 4) is 5.75 Å². The minimum Gasteiger partial charge on any atom is -0.871 e. The van der Waals surface area contributed by atoms with Crippen LogP contribution in [0.25, 0.3) is 0 Å². The quantitative estimate of drug-likeness (QED) is 0.493. The number of aromatic nitrogens is 1. The molecule has 1 heterocycles. The lowest BCUT2D eigenvalue weighted by Crippen LogP contribution is -1.99. The van der Waals surface area contributed by atoms with E-state index in [1.54, 1.807) is 24.4 Å². The molecule has 1 aromatic heterocycles. The molecule has 0 bridgehead atoms. The zero-order chi connectivity index (χ0) is 13.8. The molecule has 0 fully saturated rings. The van der Waals surface area contributed by atoms with Crippen molar-refractivity contribution in [3.63, 3.8) is 0 Å². The summed E-state index contributed by atoms with van der Waals surface area (Å²) in [6, 6.07) is 7.50. The second kappa shape index (κ2) is 5.57. The lowest BCUT2D eigenvalue weighted by atomic mass is 10.2. The number of nitro groups is 1. The number of rotatable bonds is 3. The van der Waals surface area contributed by atoms with Gasteiger partial charge >= 0.3 is 0 Å². The van der Waals surface area contributed by atoms with Crippen LogP contribution in [-0.2, 0) is 0 Å². The van der Waals surface area contributed by atoms with Crippen molar-refractivity contribution < 1.29 is 10.0 Å². The third-order valence-corrected chi connectivity index (χ3v) is 2.84. The summed E-state index contributed by atoms with van der Waals surface area (Å²) in [4.78, 5) is 18.1. The summed E-state index contributed by atoms with van der Waals surface area (Å²) < 4.78 is 0.129. The first-order valence-corrected chi connectivity index (χ1v) is 5.97. The van der Waals surface area contributed by atoms with E-state index in [9.17, 15) is 15.2 Å². The summed E-state index contributed by atoms with van der Waals surface area (Å²) in [7, 11) is 0. The Kier molecular flexibility index (Phi) is 3.86. The van der Waals surface area contributed by atoms with Crippen molar-refractivity contribution >= 4 is 33.6 Å². The molecule has 0 aliphatic carbocycles. The van der Waals surface area contributed by atoms with E-state index in [2.05, 4.69) is 25.9 Å². The van der Waals surface area contributed by atoms with Gasteiger partial charge in [0.15, 0.2) is 5.82 Å². The first-order chi connectivity index (χ1) is 9.08. The van der Waals surface area contributed by atoms with Crippen molar-refractivity contribution in [1.29, 1.82) is 0 Å². The highest BCUT2D eigenvalue weighted by molar-refractivity contribution is 9.10. The molecule has 0 N–H and O–H groups in total. The first-order valence-electron chi connectivity index (χ1n) is 5.18. The van der Waals surface area contributed by atoms with Crippen molar-refractivity contribution in [1.82, 2.24) is 4.98 Å². The Morgan fingerprint density at radius 3 is 2.79 bits per heavy atom. The van der Waals surface area contributed by atoms with Gasteiger partial charge in [0.1, 0.15) is 0 Å². The van der Waals surface area contributed by atoms with E-state index in [1.807, 2.05) is 0 Å². The zero-order valence-electron chi connectivity index (χ0n) is 9.49. The van der Waals surface area contributed by atoms with Gasteiger partial charge in [0, 0.05) is 29.0 Å². The Morgan fingerprint density at radius 2 is 2.16 bits per heavy atom. The van der Waals surface area contributed by atoms with Crippen molar-refractivity contribution in [3.05, 3.63) is 56.7 Å². The smallest absolute Gasteiger partial charge is 0.271 e. The molecule has 0 atom stereocenters. The fraction of sp³-hybridized carbons (Fsp3) is 0. The molecule has 6 nitrogen and oxygen atoms in total. The summed E-state index contributed by atoms with van der Waals surface area (Å²) in [6.45, 7) is 0. The maximum Gasteiger partial charge on any atom is 0.271 e. The zero-order valence-corrected chi connectivity index (χ0v) is 11.1. The average Bonchev–Trinajstić information content (AvgIpc) is 2.41. The number of benzene rings is 1. The molecule has 0 aliphatic heterocycles. The van der Waals surface area contributed by atoms with Gasteiger partial charge in [0.05, 0.1) is 4.92 Å². The van der Waals surface area contributed by atoms with E-state index in [4.69, 9.17) is 0 Å². The SMILES string of the molecule is O=[N+]([O-])c1cc(Br)c([O-])c(C=Nc2ccccn2)c1. The third-order valence-electron chi connectivity index (χ3n) is 2.25. The molecule has 0 radical (unpaired) electrons. The Hall–Kier alpha value is -2.28. The van der Waals surface area contributed by atoms with Crippen LogP contribution in [0.3, 0.4) is 0 Å². The predicted molar refractivity (Wildman–Crippen MR) is 71.7 cm³/mol. The normalized spacial score (nSPS) is 10.8. The Labute approximate surface area is 116 Å². The maximum atomic E-state index is 11.8. The molecule has 0 spiro atoms. The topological polar surface area (TPSA) is 91.5 Å². The standard InChI is InChI=1S/C12H8BrN3O3/c13-10-6-9(16(18)19)5-8(12(10)17)7-15-11-3-1-2-4-14-11/h1-7,17H/p-1. The van der Waals surface area contributed by atoms with Crippen LogP contribution in [0.1, 0.15) is 5.56 Å². The fourth-order valence-electron chi connectivity index (χ4n) is 1.37. The highest BCUT2D eigenvalue weighted by Gasteiger charge is 2.09.